The molecule has 2 aromatic heterocycles. The van der Waals surface area contributed by atoms with E-state index in [9.17, 15) is 13.6 Å². The summed E-state index contributed by atoms with van der Waals surface area (Å²) >= 11 is 0. The maximum atomic E-state index is 14.5. The van der Waals surface area contributed by atoms with Crippen molar-refractivity contribution in [2.75, 3.05) is 4.90 Å². The molecule has 3 heterocycles. The van der Waals surface area contributed by atoms with Crippen LogP contribution in [0.4, 0.5) is 14.5 Å². The molecule has 1 aliphatic heterocycles. The van der Waals surface area contributed by atoms with E-state index in [0.29, 0.717) is 23.5 Å². The molecule has 0 saturated heterocycles. The third-order valence-corrected chi connectivity index (χ3v) is 4.97. The second-order valence-electron chi connectivity index (χ2n) is 6.68. The van der Waals surface area contributed by atoms with Gasteiger partial charge in [0.1, 0.15) is 11.6 Å². The molecular weight excluding hydrogens is 348 g/mol. The van der Waals surface area contributed by atoms with Crippen LogP contribution in [0.2, 0.25) is 0 Å². The largest absolute Gasteiger partial charge is 0.306 e. The van der Waals surface area contributed by atoms with Crippen LogP contribution in [0.25, 0.3) is 11.1 Å². The van der Waals surface area contributed by atoms with E-state index < -0.39 is 11.6 Å². The number of hydrogen-bond acceptors (Lipinski definition) is 3. The fraction of sp³-hybridized carbons (Fsp3) is 0.190. The first-order valence-corrected chi connectivity index (χ1v) is 8.59. The van der Waals surface area contributed by atoms with E-state index in [2.05, 4.69) is 9.97 Å². The van der Waals surface area contributed by atoms with E-state index in [1.54, 1.807) is 23.4 Å². The standard InChI is InChI=1S/C21H17F2N3O/c1-12-5-6-24-9-15(12)11-26-19-7-14(10-25-18(19)8-20(26)27)16-3-4-17(22)13(2)21(16)23/h3-7,9-10H,8,11H2,1-2H3. The zero-order valence-electron chi connectivity index (χ0n) is 15.0. The number of pyridine rings is 2. The highest BCUT2D eigenvalue weighted by Crippen LogP contribution is 2.34. The van der Waals surface area contributed by atoms with Crippen LogP contribution in [0.1, 0.15) is 22.4 Å². The number of carbonyl (C=O) groups is 1. The monoisotopic (exact) mass is 365 g/mol. The van der Waals surface area contributed by atoms with E-state index in [-0.39, 0.29) is 23.5 Å². The van der Waals surface area contributed by atoms with Crippen LogP contribution in [-0.4, -0.2) is 15.9 Å². The molecule has 3 aromatic rings. The zero-order valence-corrected chi connectivity index (χ0v) is 15.0. The number of amides is 1. The second-order valence-corrected chi connectivity index (χ2v) is 6.68. The molecule has 0 bridgehead atoms. The van der Waals surface area contributed by atoms with E-state index in [0.717, 1.165) is 11.1 Å². The van der Waals surface area contributed by atoms with Crippen molar-refractivity contribution in [1.29, 1.82) is 0 Å². The molecule has 136 valence electrons. The summed E-state index contributed by atoms with van der Waals surface area (Å²) in [5.74, 6) is -1.27. The first-order chi connectivity index (χ1) is 13.0. The summed E-state index contributed by atoms with van der Waals surface area (Å²) in [6.07, 6.45) is 5.18. The lowest BCUT2D eigenvalue weighted by atomic mass is 10.0. The summed E-state index contributed by atoms with van der Waals surface area (Å²) in [6.45, 7) is 3.74. The van der Waals surface area contributed by atoms with Gasteiger partial charge >= 0.3 is 0 Å². The van der Waals surface area contributed by atoms with Crippen molar-refractivity contribution in [3.05, 3.63) is 76.9 Å². The summed E-state index contributed by atoms with van der Waals surface area (Å²) in [4.78, 5) is 22.6. The minimum atomic E-state index is -0.615. The second kappa shape index (κ2) is 6.54. The van der Waals surface area contributed by atoms with Gasteiger partial charge in [0.2, 0.25) is 5.91 Å². The number of anilines is 1. The number of benzene rings is 1. The number of aryl methyl sites for hydroxylation is 1. The number of carbonyl (C=O) groups excluding carboxylic acids is 1. The molecule has 4 rings (SSSR count). The Kier molecular flexibility index (Phi) is 4.18. The highest BCUT2D eigenvalue weighted by Gasteiger charge is 2.29. The van der Waals surface area contributed by atoms with Gasteiger partial charge in [-0.1, -0.05) is 0 Å². The van der Waals surface area contributed by atoms with Crippen molar-refractivity contribution < 1.29 is 13.6 Å². The molecule has 0 atom stereocenters. The van der Waals surface area contributed by atoms with E-state index in [1.165, 1.54) is 25.3 Å². The van der Waals surface area contributed by atoms with Gasteiger partial charge in [-0.05, 0) is 49.2 Å². The Balaban J connectivity index is 1.75. The Hall–Kier alpha value is -3.15. The molecule has 0 saturated carbocycles. The third-order valence-electron chi connectivity index (χ3n) is 4.97. The fourth-order valence-electron chi connectivity index (χ4n) is 3.26. The van der Waals surface area contributed by atoms with Crippen LogP contribution < -0.4 is 4.90 Å². The zero-order chi connectivity index (χ0) is 19.1. The SMILES string of the molecule is Cc1ccncc1CN1C(=O)Cc2ncc(-c3ccc(F)c(C)c3F)cc21. The van der Waals surface area contributed by atoms with Crippen LogP contribution in [0.5, 0.6) is 0 Å². The third kappa shape index (κ3) is 2.97. The smallest absolute Gasteiger partial charge is 0.233 e. The minimum absolute atomic E-state index is 0.0353. The van der Waals surface area contributed by atoms with E-state index in [4.69, 9.17) is 0 Å². The number of rotatable bonds is 3. The van der Waals surface area contributed by atoms with Gasteiger partial charge in [0.25, 0.3) is 0 Å². The van der Waals surface area contributed by atoms with E-state index in [1.807, 2.05) is 13.0 Å². The summed E-state index contributed by atoms with van der Waals surface area (Å²) in [6, 6.07) is 6.27. The molecule has 0 fully saturated rings. The lowest BCUT2D eigenvalue weighted by molar-refractivity contribution is -0.117. The number of fused-ring (bicyclic) bond motifs is 1. The predicted octanol–water partition coefficient (Wildman–Crippen LogP) is 4.13. The normalized spacial score (nSPS) is 13.2. The van der Waals surface area contributed by atoms with Gasteiger partial charge in [-0.25, -0.2) is 8.78 Å². The molecule has 0 spiro atoms. The number of hydrogen-bond donors (Lipinski definition) is 0. The van der Waals surface area contributed by atoms with Crippen molar-refractivity contribution in [2.24, 2.45) is 0 Å². The summed E-state index contributed by atoms with van der Waals surface area (Å²) in [5.41, 5.74) is 4.03. The number of nitrogens with zero attached hydrogens (tertiary/aromatic N) is 3. The van der Waals surface area contributed by atoms with Crippen molar-refractivity contribution in [2.45, 2.75) is 26.8 Å². The van der Waals surface area contributed by atoms with Crippen LogP contribution in [0, 0.1) is 25.5 Å². The molecule has 1 amide bonds. The quantitative estimate of drug-likeness (QED) is 0.701. The topological polar surface area (TPSA) is 46.1 Å². The Bertz CT molecular complexity index is 1070. The molecule has 4 nitrogen and oxygen atoms in total. The molecule has 1 aromatic carbocycles. The molecule has 0 radical (unpaired) electrons. The van der Waals surface area contributed by atoms with Crippen molar-refractivity contribution in [3.63, 3.8) is 0 Å². The van der Waals surface area contributed by atoms with Crippen molar-refractivity contribution in [1.82, 2.24) is 9.97 Å². The number of halogens is 2. The Labute approximate surface area is 155 Å². The molecule has 27 heavy (non-hydrogen) atoms. The average Bonchev–Trinajstić information content (AvgIpc) is 2.96. The molecule has 0 aliphatic carbocycles. The number of aromatic nitrogens is 2. The van der Waals surface area contributed by atoms with Crippen LogP contribution in [-0.2, 0) is 17.8 Å². The predicted molar refractivity (Wildman–Crippen MR) is 98.2 cm³/mol. The van der Waals surface area contributed by atoms with Crippen LogP contribution in [0.3, 0.4) is 0 Å². The van der Waals surface area contributed by atoms with Gasteiger partial charge in [0, 0.05) is 35.3 Å². The minimum Gasteiger partial charge on any atom is -0.306 e. The van der Waals surface area contributed by atoms with Gasteiger partial charge in [0.15, 0.2) is 0 Å². The van der Waals surface area contributed by atoms with Crippen LogP contribution >= 0.6 is 0 Å². The lowest BCUT2D eigenvalue weighted by Crippen LogP contribution is -2.26. The molecule has 1 aliphatic rings. The maximum absolute atomic E-state index is 14.5. The molecule has 6 heteroatoms. The Morgan fingerprint density at radius 2 is 1.96 bits per heavy atom. The van der Waals surface area contributed by atoms with Crippen molar-refractivity contribution >= 4 is 11.6 Å². The van der Waals surface area contributed by atoms with Gasteiger partial charge in [-0.2, -0.15) is 0 Å². The molecule has 0 unspecified atom stereocenters. The summed E-state index contributed by atoms with van der Waals surface area (Å²) in [5, 5.41) is 0. The summed E-state index contributed by atoms with van der Waals surface area (Å²) in [7, 11) is 0. The maximum Gasteiger partial charge on any atom is 0.233 e. The first kappa shape index (κ1) is 17.3. The fourth-order valence-corrected chi connectivity index (χ4v) is 3.26. The first-order valence-electron chi connectivity index (χ1n) is 8.59. The summed E-state index contributed by atoms with van der Waals surface area (Å²) < 4.78 is 28.1. The van der Waals surface area contributed by atoms with E-state index >= 15 is 0 Å². The van der Waals surface area contributed by atoms with Crippen molar-refractivity contribution in [3.8, 4) is 11.1 Å². The lowest BCUT2D eigenvalue weighted by Gasteiger charge is -2.19. The Morgan fingerprint density at radius 3 is 2.74 bits per heavy atom. The van der Waals surface area contributed by atoms with Gasteiger partial charge < -0.3 is 4.90 Å². The Morgan fingerprint density at radius 1 is 1.15 bits per heavy atom. The molecular formula is C21H17F2N3O. The van der Waals surface area contributed by atoms with Gasteiger partial charge in [0.05, 0.1) is 24.3 Å². The highest BCUT2D eigenvalue weighted by atomic mass is 19.1. The van der Waals surface area contributed by atoms with Gasteiger partial charge in [-0.3, -0.25) is 14.8 Å². The average molecular weight is 365 g/mol. The van der Waals surface area contributed by atoms with Gasteiger partial charge in [-0.15, -0.1) is 0 Å². The highest BCUT2D eigenvalue weighted by molar-refractivity contribution is 6.01. The van der Waals surface area contributed by atoms with Crippen LogP contribution in [0.15, 0.2) is 42.9 Å². The molecule has 0 N–H and O–H groups in total.